The summed E-state index contributed by atoms with van der Waals surface area (Å²) < 4.78 is 0. The molecule has 0 aromatic heterocycles. The molecule has 1 heterocycles. The first-order chi connectivity index (χ1) is 7.56. The zero-order chi connectivity index (χ0) is 11.7. The first kappa shape index (κ1) is 10.8. The average Bonchev–Trinajstić information content (AvgIpc) is 2.15. The van der Waals surface area contributed by atoms with E-state index in [1.54, 1.807) is 24.0 Å². The minimum absolute atomic E-state index is 0.109. The molecular formula is C11H14N2O3. The smallest absolute Gasteiger partial charge is 0.243 e. The first-order valence-electron chi connectivity index (χ1n) is 5.12. The first-order valence-corrected chi connectivity index (χ1v) is 5.12. The second-order valence-corrected chi connectivity index (χ2v) is 3.98. The number of carbonyl (C=O) groups is 1. The van der Waals surface area contributed by atoms with Crippen LogP contribution in [0.3, 0.4) is 0 Å². The summed E-state index contributed by atoms with van der Waals surface area (Å²) in [4.78, 5) is 13.2. The molecule has 1 aliphatic heterocycles. The van der Waals surface area contributed by atoms with E-state index in [9.17, 15) is 15.0 Å². The summed E-state index contributed by atoms with van der Waals surface area (Å²) in [7, 11) is 0. The Balaban J connectivity index is 2.34. The van der Waals surface area contributed by atoms with Gasteiger partial charge >= 0.3 is 0 Å². The number of nitrogens with one attached hydrogen (secondary N) is 1. The van der Waals surface area contributed by atoms with E-state index in [0.717, 1.165) is 5.69 Å². The number of fused-ring (bicyclic) bond motifs is 1. The van der Waals surface area contributed by atoms with Gasteiger partial charge in [-0.1, -0.05) is 0 Å². The predicted octanol–water partition coefficient (Wildman–Crippen LogP) is 0.531. The number of hydrogen-bond donors (Lipinski definition) is 3. The monoisotopic (exact) mass is 222 g/mol. The third-order valence-corrected chi connectivity index (χ3v) is 2.41. The Morgan fingerprint density at radius 2 is 2.31 bits per heavy atom. The van der Waals surface area contributed by atoms with Crippen molar-refractivity contribution in [2.75, 3.05) is 23.3 Å². The minimum atomic E-state index is -0.507. The summed E-state index contributed by atoms with van der Waals surface area (Å²) in [5.74, 6) is -0.0308. The number of aliphatic hydroxyl groups is 1. The summed E-state index contributed by atoms with van der Waals surface area (Å²) in [5.41, 5.74) is 1.40. The van der Waals surface area contributed by atoms with E-state index in [1.807, 2.05) is 0 Å². The molecular weight excluding hydrogens is 208 g/mol. The van der Waals surface area contributed by atoms with Crippen molar-refractivity contribution in [1.82, 2.24) is 0 Å². The molecule has 2 rings (SSSR count). The van der Waals surface area contributed by atoms with Crippen LogP contribution in [0.15, 0.2) is 18.2 Å². The van der Waals surface area contributed by atoms with Gasteiger partial charge in [-0.25, -0.2) is 0 Å². The predicted molar refractivity (Wildman–Crippen MR) is 60.6 cm³/mol. The number of β-amino-alcohol motifs (C(OH)–C–C–N with tert-alkyl or cyclic N) is 1. The van der Waals surface area contributed by atoms with Crippen molar-refractivity contribution in [2.45, 2.75) is 13.0 Å². The number of benzene rings is 1. The number of phenolic OH excluding ortho intramolecular Hbond substituents is 1. The molecule has 86 valence electrons. The lowest BCUT2D eigenvalue weighted by molar-refractivity contribution is -0.115. The zero-order valence-electron chi connectivity index (χ0n) is 8.97. The zero-order valence-corrected chi connectivity index (χ0v) is 8.97. The number of carbonyl (C=O) groups excluding carboxylic acids is 1. The van der Waals surface area contributed by atoms with Crippen molar-refractivity contribution in [1.29, 1.82) is 0 Å². The van der Waals surface area contributed by atoms with Gasteiger partial charge in [-0.3, -0.25) is 4.79 Å². The standard InChI is InChI=1S/C11H14N2O3/c1-7(14)5-13-6-11(16)12-9-4-8(15)2-3-10(9)13/h2-4,7,14-15H,5-6H2,1H3,(H,12,16). The molecule has 16 heavy (non-hydrogen) atoms. The third-order valence-electron chi connectivity index (χ3n) is 2.41. The molecule has 5 heteroatoms. The number of phenols is 1. The van der Waals surface area contributed by atoms with Crippen LogP contribution in [0.5, 0.6) is 5.75 Å². The maximum Gasteiger partial charge on any atom is 0.243 e. The molecule has 1 atom stereocenters. The molecule has 0 aliphatic carbocycles. The lowest BCUT2D eigenvalue weighted by Gasteiger charge is -2.31. The normalized spacial score (nSPS) is 16.6. The van der Waals surface area contributed by atoms with Crippen molar-refractivity contribution in [3.63, 3.8) is 0 Å². The van der Waals surface area contributed by atoms with E-state index in [0.29, 0.717) is 12.2 Å². The van der Waals surface area contributed by atoms with Gasteiger partial charge in [0.25, 0.3) is 0 Å². The molecule has 0 saturated carbocycles. The molecule has 1 aromatic carbocycles. The van der Waals surface area contributed by atoms with Crippen LogP contribution in [-0.4, -0.2) is 35.3 Å². The van der Waals surface area contributed by atoms with E-state index in [2.05, 4.69) is 5.32 Å². The minimum Gasteiger partial charge on any atom is -0.508 e. The van der Waals surface area contributed by atoms with Gasteiger partial charge in [0.1, 0.15) is 5.75 Å². The average molecular weight is 222 g/mol. The highest BCUT2D eigenvalue weighted by molar-refractivity contribution is 6.01. The number of amides is 1. The Morgan fingerprint density at radius 1 is 1.56 bits per heavy atom. The topological polar surface area (TPSA) is 72.8 Å². The number of hydrogen-bond acceptors (Lipinski definition) is 4. The number of nitrogens with zero attached hydrogens (tertiary/aromatic N) is 1. The molecule has 0 radical (unpaired) electrons. The molecule has 0 fully saturated rings. The summed E-state index contributed by atoms with van der Waals surface area (Å²) in [6.07, 6.45) is -0.507. The van der Waals surface area contributed by atoms with Crippen LogP contribution >= 0.6 is 0 Å². The van der Waals surface area contributed by atoms with Gasteiger partial charge in [0.15, 0.2) is 0 Å². The van der Waals surface area contributed by atoms with E-state index in [-0.39, 0.29) is 18.2 Å². The molecule has 1 aromatic rings. The van der Waals surface area contributed by atoms with Crippen molar-refractivity contribution >= 4 is 17.3 Å². The highest BCUT2D eigenvalue weighted by Gasteiger charge is 2.22. The summed E-state index contributed by atoms with van der Waals surface area (Å²) >= 11 is 0. The Hall–Kier alpha value is -1.75. The molecule has 0 spiro atoms. The fraction of sp³-hybridized carbons (Fsp3) is 0.364. The second-order valence-electron chi connectivity index (χ2n) is 3.98. The highest BCUT2D eigenvalue weighted by Crippen LogP contribution is 2.32. The molecule has 1 amide bonds. The molecule has 3 N–H and O–H groups in total. The van der Waals surface area contributed by atoms with Crippen LogP contribution in [-0.2, 0) is 4.79 Å². The van der Waals surface area contributed by atoms with E-state index >= 15 is 0 Å². The van der Waals surface area contributed by atoms with Crippen LogP contribution in [0.1, 0.15) is 6.92 Å². The summed E-state index contributed by atoms with van der Waals surface area (Å²) in [6.45, 7) is 2.29. The number of aliphatic hydroxyl groups excluding tert-OH is 1. The van der Waals surface area contributed by atoms with Crippen molar-refractivity contribution in [3.8, 4) is 5.75 Å². The second kappa shape index (κ2) is 4.02. The lowest BCUT2D eigenvalue weighted by Crippen LogP contribution is -2.41. The summed E-state index contributed by atoms with van der Waals surface area (Å²) in [5, 5.41) is 21.4. The number of aromatic hydroxyl groups is 1. The largest absolute Gasteiger partial charge is 0.508 e. The van der Waals surface area contributed by atoms with E-state index in [1.165, 1.54) is 6.07 Å². The van der Waals surface area contributed by atoms with Gasteiger partial charge in [0.05, 0.1) is 24.0 Å². The fourth-order valence-electron chi connectivity index (χ4n) is 1.83. The molecule has 0 saturated heterocycles. The Morgan fingerprint density at radius 3 is 3.00 bits per heavy atom. The third kappa shape index (κ3) is 2.09. The quantitative estimate of drug-likeness (QED) is 0.682. The Labute approximate surface area is 93.3 Å². The Bertz CT molecular complexity index is 418. The van der Waals surface area contributed by atoms with Gasteiger partial charge in [0.2, 0.25) is 5.91 Å². The summed E-state index contributed by atoms with van der Waals surface area (Å²) in [6, 6.07) is 4.79. The van der Waals surface area contributed by atoms with Gasteiger partial charge in [-0.05, 0) is 19.1 Å². The maximum atomic E-state index is 11.4. The van der Waals surface area contributed by atoms with Crippen LogP contribution in [0.4, 0.5) is 11.4 Å². The molecule has 1 unspecified atom stereocenters. The van der Waals surface area contributed by atoms with E-state index < -0.39 is 6.10 Å². The SMILES string of the molecule is CC(O)CN1CC(=O)Nc2cc(O)ccc21. The van der Waals surface area contributed by atoms with Gasteiger partial charge < -0.3 is 20.4 Å². The van der Waals surface area contributed by atoms with Gasteiger partial charge in [-0.15, -0.1) is 0 Å². The molecule has 5 nitrogen and oxygen atoms in total. The molecule has 1 aliphatic rings. The van der Waals surface area contributed by atoms with E-state index in [4.69, 9.17) is 0 Å². The fourth-order valence-corrected chi connectivity index (χ4v) is 1.83. The maximum absolute atomic E-state index is 11.4. The Kier molecular flexibility index (Phi) is 2.70. The number of rotatable bonds is 2. The van der Waals surface area contributed by atoms with Crippen molar-refractivity contribution in [3.05, 3.63) is 18.2 Å². The van der Waals surface area contributed by atoms with Crippen molar-refractivity contribution in [2.24, 2.45) is 0 Å². The van der Waals surface area contributed by atoms with Crippen molar-refractivity contribution < 1.29 is 15.0 Å². The highest BCUT2D eigenvalue weighted by atomic mass is 16.3. The van der Waals surface area contributed by atoms with Gasteiger partial charge in [-0.2, -0.15) is 0 Å². The molecule has 0 bridgehead atoms. The van der Waals surface area contributed by atoms with Crippen LogP contribution in [0.25, 0.3) is 0 Å². The van der Waals surface area contributed by atoms with Gasteiger partial charge in [0, 0.05) is 12.6 Å². The van der Waals surface area contributed by atoms with Crippen LogP contribution in [0.2, 0.25) is 0 Å². The lowest BCUT2D eigenvalue weighted by atomic mass is 10.1. The number of anilines is 2. The van der Waals surface area contributed by atoms with Crippen LogP contribution < -0.4 is 10.2 Å². The van der Waals surface area contributed by atoms with Crippen LogP contribution in [0, 0.1) is 0 Å².